The number of nitrogens with one attached hydrogen (secondary N) is 1. The molecule has 0 saturated carbocycles. The van der Waals surface area contributed by atoms with E-state index in [-0.39, 0.29) is 16.1 Å². The Morgan fingerprint density at radius 1 is 1.56 bits per heavy atom. The number of hydrogen-bond acceptors (Lipinski definition) is 5. The first-order chi connectivity index (χ1) is 8.49. The summed E-state index contributed by atoms with van der Waals surface area (Å²) in [4.78, 5) is 10.6. The van der Waals surface area contributed by atoms with Gasteiger partial charge in [-0.3, -0.25) is 0 Å². The van der Waals surface area contributed by atoms with Crippen molar-refractivity contribution in [1.82, 2.24) is 4.72 Å². The molecule has 1 fully saturated rings. The maximum atomic E-state index is 11.8. The SMILES string of the molecule is O=C(O)c1ccc(S(=O)(=O)NCC2CCCS2)o1. The molecule has 1 aliphatic rings. The molecule has 1 saturated heterocycles. The van der Waals surface area contributed by atoms with Crippen LogP contribution in [0.3, 0.4) is 0 Å². The van der Waals surface area contributed by atoms with Gasteiger partial charge in [-0.25, -0.2) is 17.9 Å². The number of furan rings is 1. The molecule has 0 bridgehead atoms. The minimum absolute atomic E-state index is 0.286. The maximum absolute atomic E-state index is 11.8. The number of carboxylic acids is 1. The van der Waals surface area contributed by atoms with Crippen LogP contribution in [0, 0.1) is 0 Å². The van der Waals surface area contributed by atoms with Gasteiger partial charge in [0, 0.05) is 11.8 Å². The fourth-order valence-electron chi connectivity index (χ4n) is 1.66. The monoisotopic (exact) mass is 291 g/mol. The van der Waals surface area contributed by atoms with Crippen LogP contribution in [0.2, 0.25) is 0 Å². The molecule has 8 heteroatoms. The Kier molecular flexibility index (Phi) is 3.98. The van der Waals surface area contributed by atoms with Crippen LogP contribution in [-0.2, 0) is 10.0 Å². The Hall–Kier alpha value is -0.990. The second-order valence-corrected chi connectivity index (χ2v) is 7.02. The average Bonchev–Trinajstić information content (AvgIpc) is 2.98. The van der Waals surface area contributed by atoms with E-state index >= 15 is 0 Å². The first-order valence-corrected chi connectivity index (χ1v) is 7.96. The van der Waals surface area contributed by atoms with Gasteiger partial charge in [-0.1, -0.05) is 0 Å². The molecule has 1 aromatic rings. The lowest BCUT2D eigenvalue weighted by Crippen LogP contribution is -2.29. The number of thioether (sulfide) groups is 1. The van der Waals surface area contributed by atoms with Crippen molar-refractivity contribution in [2.45, 2.75) is 23.2 Å². The number of rotatable bonds is 5. The molecule has 1 aliphatic heterocycles. The van der Waals surface area contributed by atoms with Crippen LogP contribution in [0.1, 0.15) is 23.4 Å². The van der Waals surface area contributed by atoms with Gasteiger partial charge in [-0.05, 0) is 30.7 Å². The summed E-state index contributed by atoms with van der Waals surface area (Å²) in [6, 6.07) is 2.27. The molecule has 1 aromatic heterocycles. The van der Waals surface area contributed by atoms with Gasteiger partial charge in [0.2, 0.25) is 10.9 Å². The Labute approximate surface area is 109 Å². The van der Waals surface area contributed by atoms with Crippen LogP contribution >= 0.6 is 11.8 Å². The van der Waals surface area contributed by atoms with Crippen LogP contribution in [0.25, 0.3) is 0 Å². The molecule has 0 radical (unpaired) electrons. The molecule has 0 spiro atoms. The molecular weight excluding hydrogens is 278 g/mol. The molecule has 1 atom stereocenters. The smallest absolute Gasteiger partial charge is 0.371 e. The fourth-order valence-corrected chi connectivity index (χ4v) is 3.97. The summed E-state index contributed by atoms with van der Waals surface area (Å²) in [6.45, 7) is 0.343. The van der Waals surface area contributed by atoms with E-state index in [0.717, 1.165) is 30.7 Å². The number of hydrogen-bond donors (Lipinski definition) is 2. The maximum Gasteiger partial charge on any atom is 0.371 e. The summed E-state index contributed by atoms with van der Waals surface area (Å²) in [5.41, 5.74) is 0. The quantitative estimate of drug-likeness (QED) is 0.844. The van der Waals surface area contributed by atoms with E-state index in [0.29, 0.717) is 6.54 Å². The van der Waals surface area contributed by atoms with Gasteiger partial charge >= 0.3 is 5.97 Å². The van der Waals surface area contributed by atoms with Crippen LogP contribution in [0.5, 0.6) is 0 Å². The van der Waals surface area contributed by atoms with E-state index in [9.17, 15) is 13.2 Å². The standard InChI is InChI=1S/C10H13NO5S2/c12-10(13)8-3-4-9(16-8)18(14,15)11-6-7-2-1-5-17-7/h3-4,7,11H,1-2,5-6H2,(H,12,13). The third kappa shape index (κ3) is 3.06. The third-order valence-corrected chi connectivity index (χ3v) is 5.28. The van der Waals surface area contributed by atoms with E-state index in [4.69, 9.17) is 9.52 Å². The molecule has 18 heavy (non-hydrogen) atoms. The van der Waals surface area contributed by atoms with Crippen LogP contribution in [0.4, 0.5) is 0 Å². The molecule has 0 aliphatic carbocycles. The minimum atomic E-state index is -3.75. The molecule has 0 amide bonds. The molecule has 2 heterocycles. The predicted octanol–water partition coefficient (Wildman–Crippen LogP) is 1.15. The van der Waals surface area contributed by atoms with Crippen molar-refractivity contribution < 1.29 is 22.7 Å². The highest BCUT2D eigenvalue weighted by atomic mass is 32.2. The topological polar surface area (TPSA) is 96.6 Å². The number of aromatic carboxylic acids is 1. The predicted molar refractivity (Wildman–Crippen MR) is 66.3 cm³/mol. The number of carbonyl (C=O) groups is 1. The lowest BCUT2D eigenvalue weighted by Gasteiger charge is -2.08. The van der Waals surface area contributed by atoms with Gasteiger partial charge in [-0.2, -0.15) is 11.8 Å². The Balaban J connectivity index is 2.02. The second kappa shape index (κ2) is 5.33. The normalized spacial score (nSPS) is 20.1. The summed E-state index contributed by atoms with van der Waals surface area (Å²) in [6.07, 6.45) is 2.09. The highest BCUT2D eigenvalue weighted by molar-refractivity contribution is 8.00. The van der Waals surface area contributed by atoms with E-state index in [1.807, 2.05) is 0 Å². The molecule has 2 rings (SSSR count). The fraction of sp³-hybridized carbons (Fsp3) is 0.500. The van der Waals surface area contributed by atoms with Gasteiger partial charge in [0.05, 0.1) is 0 Å². The molecule has 0 aromatic carbocycles. The highest BCUT2D eigenvalue weighted by Gasteiger charge is 2.23. The lowest BCUT2D eigenvalue weighted by atomic mass is 10.2. The van der Waals surface area contributed by atoms with Crippen molar-refractivity contribution in [2.24, 2.45) is 0 Å². The Morgan fingerprint density at radius 3 is 2.89 bits per heavy atom. The van der Waals surface area contributed by atoms with Gasteiger partial charge in [0.25, 0.3) is 10.0 Å². The summed E-state index contributed by atoms with van der Waals surface area (Å²) < 4.78 is 30.8. The van der Waals surface area contributed by atoms with Crippen molar-refractivity contribution in [1.29, 1.82) is 0 Å². The lowest BCUT2D eigenvalue weighted by molar-refractivity contribution is 0.0656. The van der Waals surface area contributed by atoms with E-state index in [1.54, 1.807) is 11.8 Å². The van der Waals surface area contributed by atoms with Gasteiger partial charge in [0.1, 0.15) is 0 Å². The first kappa shape index (κ1) is 13.4. The summed E-state index contributed by atoms with van der Waals surface area (Å²) in [5.74, 6) is -0.621. The average molecular weight is 291 g/mol. The van der Waals surface area contributed by atoms with E-state index in [1.165, 1.54) is 0 Å². The number of carboxylic acid groups (broad SMARTS) is 1. The Morgan fingerprint density at radius 2 is 2.33 bits per heavy atom. The molecule has 100 valence electrons. The van der Waals surface area contributed by atoms with E-state index < -0.39 is 16.0 Å². The summed E-state index contributed by atoms with van der Waals surface area (Å²) in [5, 5.41) is 8.58. The van der Waals surface area contributed by atoms with Crippen molar-refractivity contribution >= 4 is 27.8 Å². The molecule has 6 nitrogen and oxygen atoms in total. The largest absolute Gasteiger partial charge is 0.475 e. The Bertz CT molecular complexity index is 530. The molecule has 1 unspecified atom stereocenters. The van der Waals surface area contributed by atoms with Crippen molar-refractivity contribution in [3.05, 3.63) is 17.9 Å². The number of sulfonamides is 1. The summed E-state index contributed by atoms with van der Waals surface area (Å²) >= 11 is 1.74. The van der Waals surface area contributed by atoms with Gasteiger partial charge < -0.3 is 9.52 Å². The van der Waals surface area contributed by atoms with Crippen LogP contribution < -0.4 is 4.72 Å². The van der Waals surface area contributed by atoms with Crippen molar-refractivity contribution in [3.63, 3.8) is 0 Å². The van der Waals surface area contributed by atoms with Gasteiger partial charge in [0.15, 0.2) is 0 Å². The van der Waals surface area contributed by atoms with Crippen LogP contribution in [-0.4, -0.2) is 37.0 Å². The minimum Gasteiger partial charge on any atom is -0.475 e. The molecule has 2 N–H and O–H groups in total. The first-order valence-electron chi connectivity index (χ1n) is 5.43. The zero-order valence-electron chi connectivity index (χ0n) is 9.46. The molecular formula is C10H13NO5S2. The van der Waals surface area contributed by atoms with Gasteiger partial charge in [-0.15, -0.1) is 0 Å². The van der Waals surface area contributed by atoms with Crippen molar-refractivity contribution in [3.8, 4) is 0 Å². The summed E-state index contributed by atoms with van der Waals surface area (Å²) in [7, 11) is -3.75. The van der Waals surface area contributed by atoms with E-state index in [2.05, 4.69) is 4.72 Å². The highest BCUT2D eigenvalue weighted by Crippen LogP contribution is 2.25. The zero-order chi connectivity index (χ0) is 13.2. The van der Waals surface area contributed by atoms with Crippen LogP contribution in [0.15, 0.2) is 21.6 Å². The third-order valence-electron chi connectivity index (χ3n) is 2.58. The second-order valence-electron chi connectivity index (χ2n) is 3.91. The zero-order valence-corrected chi connectivity index (χ0v) is 11.1. The van der Waals surface area contributed by atoms with Crippen molar-refractivity contribution in [2.75, 3.05) is 12.3 Å².